The molecule has 152 valence electrons. The number of hydrogen-bond acceptors (Lipinski definition) is 1. The second kappa shape index (κ2) is 6.78. The van der Waals surface area contributed by atoms with Gasteiger partial charge in [-0.1, -0.05) is 30.3 Å². The van der Waals surface area contributed by atoms with Gasteiger partial charge in [-0.2, -0.15) is 0 Å². The standard InChI is InChI=1S/C28H23FNO/c1-17-12-13-21-22-14-15-23(29)26(20-10-6-8-18-7-5-9-19(18)20)28(22)31-27(21)25(17)24-11-3-4-16-30(24)2/h3-4,6,8,10-16H,5,7,9H2,1-2H3/q+1/i7D2,9D2. The number of aromatic nitrogens is 1. The maximum atomic E-state index is 15.5. The van der Waals surface area contributed by atoms with Crippen LogP contribution in [0.1, 0.15) is 28.6 Å². The largest absolute Gasteiger partial charge is 0.454 e. The van der Waals surface area contributed by atoms with Gasteiger partial charge in [-0.05, 0) is 66.5 Å². The fourth-order valence-electron chi connectivity index (χ4n) is 4.66. The molecule has 0 fully saturated rings. The lowest BCUT2D eigenvalue weighted by Crippen LogP contribution is -2.30. The number of pyridine rings is 1. The molecule has 0 radical (unpaired) electrons. The number of fused-ring (bicyclic) bond motifs is 4. The predicted molar refractivity (Wildman–Crippen MR) is 122 cm³/mol. The summed E-state index contributed by atoms with van der Waals surface area (Å²) in [5.41, 5.74) is 4.83. The molecule has 3 aromatic carbocycles. The van der Waals surface area contributed by atoms with Crippen LogP contribution in [0.15, 0.2) is 71.3 Å². The van der Waals surface area contributed by atoms with Gasteiger partial charge in [0.1, 0.15) is 24.0 Å². The predicted octanol–water partition coefficient (Wildman–Crippen LogP) is 6.68. The minimum absolute atomic E-state index is 0.165. The average Bonchev–Trinajstić information content (AvgIpc) is 3.25. The molecule has 6 rings (SSSR count). The maximum absolute atomic E-state index is 15.5. The Bertz CT molecular complexity index is 1670. The third-order valence-corrected chi connectivity index (χ3v) is 6.16. The van der Waals surface area contributed by atoms with Crippen molar-refractivity contribution in [2.45, 2.75) is 26.1 Å². The normalized spacial score (nSPS) is 18.4. The summed E-state index contributed by atoms with van der Waals surface area (Å²) < 4.78 is 57.9. The third-order valence-electron chi connectivity index (χ3n) is 6.16. The van der Waals surface area contributed by atoms with Gasteiger partial charge >= 0.3 is 0 Å². The molecule has 0 atom stereocenters. The monoisotopic (exact) mass is 412 g/mol. The topological polar surface area (TPSA) is 17.0 Å². The molecule has 31 heavy (non-hydrogen) atoms. The molecule has 0 saturated carbocycles. The van der Waals surface area contributed by atoms with Crippen molar-refractivity contribution in [2.75, 3.05) is 0 Å². The number of nitrogens with zero attached hydrogens (tertiary/aromatic N) is 1. The molecule has 0 amide bonds. The summed E-state index contributed by atoms with van der Waals surface area (Å²) in [5.74, 6) is -0.531. The zero-order valence-corrected chi connectivity index (χ0v) is 17.3. The molecule has 2 heterocycles. The van der Waals surface area contributed by atoms with Gasteiger partial charge < -0.3 is 4.42 Å². The van der Waals surface area contributed by atoms with Gasteiger partial charge in [0.25, 0.3) is 0 Å². The van der Waals surface area contributed by atoms with E-state index in [2.05, 4.69) is 0 Å². The minimum Gasteiger partial charge on any atom is -0.454 e. The van der Waals surface area contributed by atoms with Crippen LogP contribution in [0.3, 0.4) is 0 Å². The van der Waals surface area contributed by atoms with E-state index < -0.39 is 18.6 Å². The van der Waals surface area contributed by atoms with Crippen LogP contribution in [0, 0.1) is 12.7 Å². The quantitative estimate of drug-likeness (QED) is 0.296. The van der Waals surface area contributed by atoms with E-state index in [9.17, 15) is 0 Å². The van der Waals surface area contributed by atoms with Crippen molar-refractivity contribution < 1.29 is 18.9 Å². The van der Waals surface area contributed by atoms with E-state index in [0.29, 0.717) is 16.7 Å². The summed E-state index contributed by atoms with van der Waals surface area (Å²) in [7, 11) is 1.96. The highest BCUT2D eigenvalue weighted by atomic mass is 19.1. The Morgan fingerprint density at radius 1 is 0.903 bits per heavy atom. The van der Waals surface area contributed by atoms with Crippen molar-refractivity contribution in [3.05, 3.63) is 89.4 Å². The van der Waals surface area contributed by atoms with Crippen molar-refractivity contribution in [2.24, 2.45) is 7.05 Å². The maximum Gasteiger partial charge on any atom is 0.216 e. The number of furan rings is 1. The lowest BCUT2D eigenvalue weighted by atomic mass is 9.94. The molecular weight excluding hydrogens is 385 g/mol. The molecule has 0 N–H and O–H groups in total. The molecule has 0 unspecified atom stereocenters. The number of benzene rings is 3. The molecular formula is C28H23FNO+. The van der Waals surface area contributed by atoms with Crippen LogP contribution in [-0.2, 0) is 19.8 Å². The number of aryl methyl sites for hydroxylation is 3. The molecule has 1 aliphatic carbocycles. The number of hydrogen-bond donors (Lipinski definition) is 0. The van der Waals surface area contributed by atoms with Crippen molar-refractivity contribution >= 4 is 21.9 Å². The van der Waals surface area contributed by atoms with Crippen molar-refractivity contribution in [3.8, 4) is 22.4 Å². The minimum atomic E-state index is -1.93. The molecule has 2 nitrogen and oxygen atoms in total. The Morgan fingerprint density at radius 2 is 1.71 bits per heavy atom. The van der Waals surface area contributed by atoms with Gasteiger partial charge in [0.05, 0.1) is 11.1 Å². The van der Waals surface area contributed by atoms with Gasteiger partial charge in [-0.15, -0.1) is 0 Å². The summed E-state index contributed by atoms with van der Waals surface area (Å²) in [4.78, 5) is 0. The van der Waals surface area contributed by atoms with Crippen molar-refractivity contribution in [3.63, 3.8) is 0 Å². The van der Waals surface area contributed by atoms with E-state index in [-0.39, 0.29) is 23.1 Å². The van der Waals surface area contributed by atoms with Crippen LogP contribution >= 0.6 is 0 Å². The highest BCUT2D eigenvalue weighted by Crippen LogP contribution is 2.43. The summed E-state index contributed by atoms with van der Waals surface area (Å²) in [5, 5.41) is 1.58. The Morgan fingerprint density at radius 3 is 2.55 bits per heavy atom. The van der Waals surface area contributed by atoms with E-state index in [0.717, 1.165) is 27.6 Å². The highest BCUT2D eigenvalue weighted by molar-refractivity contribution is 6.13. The van der Waals surface area contributed by atoms with E-state index in [1.54, 1.807) is 24.3 Å². The molecule has 2 aromatic heterocycles. The molecule has 0 saturated heterocycles. The fraction of sp³-hybridized carbons (Fsp3) is 0.179. The van der Waals surface area contributed by atoms with E-state index in [4.69, 9.17) is 9.90 Å². The van der Waals surface area contributed by atoms with Crippen LogP contribution in [-0.4, -0.2) is 0 Å². The van der Waals surface area contributed by atoms with Crippen LogP contribution in [0.4, 0.5) is 4.39 Å². The molecule has 0 bridgehead atoms. The van der Waals surface area contributed by atoms with Crippen molar-refractivity contribution in [1.29, 1.82) is 0 Å². The highest BCUT2D eigenvalue weighted by Gasteiger charge is 2.25. The summed E-state index contributed by atoms with van der Waals surface area (Å²) in [6.07, 6.45) is -2.11. The fourth-order valence-corrected chi connectivity index (χ4v) is 4.66. The van der Waals surface area contributed by atoms with Gasteiger partial charge in [0.2, 0.25) is 5.69 Å². The lowest BCUT2D eigenvalue weighted by molar-refractivity contribution is -0.660. The third kappa shape index (κ3) is 2.66. The van der Waals surface area contributed by atoms with Crippen LogP contribution in [0.5, 0.6) is 0 Å². The Balaban J connectivity index is 1.73. The first-order valence-electron chi connectivity index (χ1n) is 12.3. The van der Waals surface area contributed by atoms with Gasteiger partial charge in [-0.25, -0.2) is 8.96 Å². The number of halogens is 1. The second-order valence-electron chi connectivity index (χ2n) is 7.99. The molecule has 1 aliphatic rings. The van der Waals surface area contributed by atoms with Gasteiger partial charge in [0, 0.05) is 28.4 Å². The number of rotatable bonds is 2. The smallest absolute Gasteiger partial charge is 0.216 e. The average molecular weight is 413 g/mol. The van der Waals surface area contributed by atoms with Crippen LogP contribution < -0.4 is 4.57 Å². The molecule has 3 heteroatoms. The Labute approximate surface area is 186 Å². The molecule has 0 aliphatic heterocycles. The van der Waals surface area contributed by atoms with E-state index in [1.165, 1.54) is 6.07 Å². The van der Waals surface area contributed by atoms with Crippen LogP contribution in [0.25, 0.3) is 44.3 Å². The summed E-state index contributed by atoms with van der Waals surface area (Å²) in [6.45, 7) is 2.01. The summed E-state index contributed by atoms with van der Waals surface area (Å²) in [6, 6.07) is 17.9. The Kier molecular flexibility index (Phi) is 3.18. The molecule has 5 aromatic rings. The second-order valence-corrected chi connectivity index (χ2v) is 7.99. The summed E-state index contributed by atoms with van der Waals surface area (Å²) >= 11 is 0. The lowest BCUT2D eigenvalue weighted by Gasteiger charge is -2.10. The van der Waals surface area contributed by atoms with Crippen molar-refractivity contribution in [1.82, 2.24) is 0 Å². The first kappa shape index (κ1) is 14.5. The first-order valence-corrected chi connectivity index (χ1v) is 10.3. The van der Waals surface area contributed by atoms with Crippen LogP contribution in [0.2, 0.25) is 0 Å². The SMILES string of the molecule is [2H]C1([2H])CC([2H])([2H])c2c(-c3c(F)ccc4c3oc3c(-c5cccc[n+]5C)c(C)ccc34)cccc21. The van der Waals surface area contributed by atoms with E-state index >= 15 is 4.39 Å². The zero-order valence-electron chi connectivity index (χ0n) is 21.3. The van der Waals surface area contributed by atoms with E-state index in [1.807, 2.05) is 55.1 Å². The van der Waals surface area contributed by atoms with Gasteiger partial charge in [0.15, 0.2) is 6.20 Å². The zero-order chi connectivity index (χ0) is 24.7. The first-order chi connectivity index (χ1) is 16.6. The van der Waals surface area contributed by atoms with Gasteiger partial charge in [-0.3, -0.25) is 0 Å². The molecule has 0 spiro atoms. The Hall–Kier alpha value is -3.46.